The van der Waals surface area contributed by atoms with Crippen molar-refractivity contribution < 1.29 is 27.8 Å². The van der Waals surface area contributed by atoms with Crippen molar-refractivity contribution >= 4 is 27.7 Å². The van der Waals surface area contributed by atoms with Gasteiger partial charge in [0.25, 0.3) is 11.8 Å². The van der Waals surface area contributed by atoms with Gasteiger partial charge in [-0.15, -0.1) is 0 Å². The van der Waals surface area contributed by atoms with E-state index in [2.05, 4.69) is 31.5 Å². The molecule has 0 heterocycles. The Bertz CT molecular complexity index is 769. The first-order valence-corrected chi connectivity index (χ1v) is 7.69. The second-order valence-corrected chi connectivity index (χ2v) is 5.57. The minimum Gasteiger partial charge on any atom is -0.493 e. The van der Waals surface area contributed by atoms with E-state index in [0.717, 1.165) is 4.47 Å². The minimum absolute atomic E-state index is 0.0350. The fourth-order valence-electron chi connectivity index (χ4n) is 1.86. The van der Waals surface area contributed by atoms with Crippen molar-refractivity contribution in [2.24, 2.45) is 0 Å². The summed E-state index contributed by atoms with van der Waals surface area (Å²) >= 11 is 3.25. The van der Waals surface area contributed by atoms with Gasteiger partial charge < -0.3 is 9.47 Å². The number of carbonyl (C=O) groups is 2. The predicted molar refractivity (Wildman–Crippen MR) is 88.7 cm³/mol. The lowest BCUT2D eigenvalue weighted by atomic mass is 10.2. The molecule has 2 N–H and O–H groups in total. The molecule has 0 bridgehead atoms. The second-order valence-electron chi connectivity index (χ2n) is 4.66. The zero-order valence-corrected chi connectivity index (χ0v) is 14.5. The highest BCUT2D eigenvalue weighted by molar-refractivity contribution is 9.10. The zero-order valence-electron chi connectivity index (χ0n) is 12.9. The number of hydrogen-bond donors (Lipinski definition) is 2. The normalized spacial score (nSPS) is 10.3. The van der Waals surface area contributed by atoms with Crippen LogP contribution in [-0.4, -0.2) is 25.5 Å². The Kier molecular flexibility index (Phi) is 6.29. The van der Waals surface area contributed by atoms with E-state index in [0.29, 0.717) is 5.56 Å². The average molecular weight is 415 g/mol. The first-order chi connectivity index (χ1) is 11.9. The fraction of sp³-hybridized carbons (Fsp3) is 0.125. The van der Waals surface area contributed by atoms with Gasteiger partial charge >= 0.3 is 6.61 Å². The van der Waals surface area contributed by atoms with Gasteiger partial charge in [-0.2, -0.15) is 8.78 Å². The van der Waals surface area contributed by atoms with E-state index in [1.54, 1.807) is 24.3 Å². The topological polar surface area (TPSA) is 76.7 Å². The van der Waals surface area contributed by atoms with Crippen LogP contribution >= 0.6 is 15.9 Å². The van der Waals surface area contributed by atoms with Gasteiger partial charge in [0.15, 0.2) is 11.5 Å². The van der Waals surface area contributed by atoms with Crippen LogP contribution in [0.15, 0.2) is 46.9 Å². The lowest BCUT2D eigenvalue weighted by Crippen LogP contribution is -2.41. The Morgan fingerprint density at radius 1 is 0.960 bits per heavy atom. The summed E-state index contributed by atoms with van der Waals surface area (Å²) in [7, 11) is 1.25. The van der Waals surface area contributed by atoms with Crippen LogP contribution in [0, 0.1) is 0 Å². The van der Waals surface area contributed by atoms with E-state index in [9.17, 15) is 18.4 Å². The van der Waals surface area contributed by atoms with E-state index in [-0.39, 0.29) is 17.1 Å². The van der Waals surface area contributed by atoms with Crippen molar-refractivity contribution in [2.45, 2.75) is 6.61 Å². The molecule has 6 nitrogen and oxygen atoms in total. The number of ether oxygens (including phenoxy) is 2. The van der Waals surface area contributed by atoms with Crippen LogP contribution in [0.3, 0.4) is 0 Å². The number of hydrogen-bond acceptors (Lipinski definition) is 4. The molecule has 132 valence electrons. The van der Waals surface area contributed by atoms with Gasteiger partial charge in [-0.3, -0.25) is 20.4 Å². The first-order valence-electron chi connectivity index (χ1n) is 6.90. The van der Waals surface area contributed by atoms with E-state index in [1.165, 1.54) is 25.3 Å². The second kappa shape index (κ2) is 8.43. The molecule has 2 rings (SSSR count). The number of alkyl halides is 2. The lowest BCUT2D eigenvalue weighted by molar-refractivity contribution is -0.0512. The number of rotatable bonds is 5. The number of methoxy groups -OCH3 is 1. The Labute approximate surface area is 150 Å². The van der Waals surface area contributed by atoms with Crippen molar-refractivity contribution in [3.8, 4) is 11.5 Å². The number of amides is 2. The largest absolute Gasteiger partial charge is 0.493 e. The highest BCUT2D eigenvalue weighted by atomic mass is 79.9. The zero-order chi connectivity index (χ0) is 18.4. The Morgan fingerprint density at radius 2 is 1.52 bits per heavy atom. The molecular formula is C16H13BrF2N2O4. The van der Waals surface area contributed by atoms with Crippen molar-refractivity contribution in [1.82, 2.24) is 10.9 Å². The molecule has 2 aromatic rings. The molecule has 0 saturated heterocycles. The number of carbonyl (C=O) groups excluding carboxylic acids is 2. The molecule has 0 fully saturated rings. The third-order valence-electron chi connectivity index (χ3n) is 3.04. The van der Waals surface area contributed by atoms with Gasteiger partial charge in [-0.05, 0) is 42.5 Å². The lowest BCUT2D eigenvalue weighted by Gasteiger charge is -2.12. The summed E-state index contributed by atoms with van der Waals surface area (Å²) in [6.45, 7) is -3.02. The van der Waals surface area contributed by atoms with Crippen LogP contribution in [0.1, 0.15) is 20.7 Å². The number of nitrogens with one attached hydrogen (secondary N) is 2. The van der Waals surface area contributed by atoms with Crippen molar-refractivity contribution in [3.05, 3.63) is 58.1 Å². The van der Waals surface area contributed by atoms with E-state index in [1.807, 2.05) is 0 Å². The molecule has 2 aromatic carbocycles. The van der Waals surface area contributed by atoms with Crippen LogP contribution in [0.25, 0.3) is 0 Å². The molecule has 0 spiro atoms. The van der Waals surface area contributed by atoms with Crippen LogP contribution in [0.5, 0.6) is 11.5 Å². The monoisotopic (exact) mass is 414 g/mol. The minimum atomic E-state index is -3.02. The molecule has 0 radical (unpaired) electrons. The molecule has 0 saturated carbocycles. The molecule has 9 heteroatoms. The molecule has 0 aliphatic rings. The standard InChI is InChI=1S/C16H13BrF2N2O4/c1-24-13-8-10(4-7-12(13)25-16(18)19)15(23)21-20-14(22)9-2-5-11(17)6-3-9/h2-8,16H,1H3,(H,20,22)(H,21,23). The van der Waals surface area contributed by atoms with E-state index >= 15 is 0 Å². The Balaban J connectivity index is 2.02. The molecule has 0 unspecified atom stereocenters. The van der Waals surface area contributed by atoms with Crippen LogP contribution in [0.4, 0.5) is 8.78 Å². The van der Waals surface area contributed by atoms with Crippen molar-refractivity contribution in [3.63, 3.8) is 0 Å². The summed E-state index contributed by atoms with van der Waals surface area (Å²) in [5, 5.41) is 0. The molecule has 25 heavy (non-hydrogen) atoms. The first kappa shape index (κ1) is 18.7. The van der Waals surface area contributed by atoms with Gasteiger partial charge in [0.05, 0.1) is 7.11 Å². The Morgan fingerprint density at radius 3 is 2.08 bits per heavy atom. The summed E-state index contributed by atoms with van der Waals surface area (Å²) in [5.74, 6) is -1.39. The average Bonchev–Trinajstić information content (AvgIpc) is 2.59. The summed E-state index contributed by atoms with van der Waals surface area (Å²) in [4.78, 5) is 24.0. The summed E-state index contributed by atoms with van der Waals surface area (Å²) in [6, 6.07) is 10.2. The highest BCUT2D eigenvalue weighted by Gasteiger charge is 2.15. The highest BCUT2D eigenvalue weighted by Crippen LogP contribution is 2.29. The van der Waals surface area contributed by atoms with Gasteiger partial charge in [0.1, 0.15) is 0 Å². The summed E-state index contributed by atoms with van der Waals surface area (Å²) in [5.41, 5.74) is 4.92. The maximum atomic E-state index is 12.3. The number of hydrazine groups is 1. The van der Waals surface area contributed by atoms with Gasteiger partial charge in [-0.1, -0.05) is 15.9 Å². The van der Waals surface area contributed by atoms with Gasteiger partial charge in [-0.25, -0.2) is 0 Å². The molecule has 0 aliphatic heterocycles. The summed E-state index contributed by atoms with van der Waals surface area (Å²) in [6.07, 6.45) is 0. The van der Waals surface area contributed by atoms with Crippen molar-refractivity contribution in [2.75, 3.05) is 7.11 Å². The van der Waals surface area contributed by atoms with Gasteiger partial charge in [0.2, 0.25) is 0 Å². The molecule has 0 aliphatic carbocycles. The van der Waals surface area contributed by atoms with Crippen LogP contribution in [-0.2, 0) is 0 Å². The molecular weight excluding hydrogens is 402 g/mol. The molecule has 0 aromatic heterocycles. The van der Waals surface area contributed by atoms with Crippen LogP contribution < -0.4 is 20.3 Å². The van der Waals surface area contributed by atoms with E-state index in [4.69, 9.17) is 4.74 Å². The Hall–Kier alpha value is -2.68. The number of halogens is 3. The predicted octanol–water partition coefficient (Wildman–Crippen LogP) is 3.13. The van der Waals surface area contributed by atoms with Crippen LogP contribution in [0.2, 0.25) is 0 Å². The van der Waals surface area contributed by atoms with E-state index < -0.39 is 18.4 Å². The summed E-state index contributed by atoms with van der Waals surface area (Å²) < 4.78 is 34.6. The quantitative estimate of drug-likeness (QED) is 0.736. The number of benzene rings is 2. The molecule has 0 atom stereocenters. The van der Waals surface area contributed by atoms with Gasteiger partial charge in [0, 0.05) is 15.6 Å². The van der Waals surface area contributed by atoms with Crippen molar-refractivity contribution in [1.29, 1.82) is 0 Å². The maximum Gasteiger partial charge on any atom is 0.387 e. The fourth-order valence-corrected chi connectivity index (χ4v) is 2.13. The third kappa shape index (κ3) is 5.15. The SMILES string of the molecule is COc1cc(C(=O)NNC(=O)c2ccc(Br)cc2)ccc1OC(F)F. The molecule has 2 amide bonds. The maximum absolute atomic E-state index is 12.3. The smallest absolute Gasteiger partial charge is 0.387 e. The third-order valence-corrected chi connectivity index (χ3v) is 3.57.